The third-order valence-corrected chi connectivity index (χ3v) is 1.77. The summed E-state index contributed by atoms with van der Waals surface area (Å²) in [4.78, 5) is 32.4. The van der Waals surface area contributed by atoms with Crippen molar-refractivity contribution in [3.05, 3.63) is 24.2 Å². The van der Waals surface area contributed by atoms with Crippen LogP contribution >= 0.6 is 0 Å². The first-order chi connectivity index (χ1) is 7.50. The molecule has 1 heterocycles. The van der Waals surface area contributed by atoms with Crippen LogP contribution in [-0.4, -0.2) is 34.1 Å². The molecule has 1 rings (SSSR count). The van der Waals surface area contributed by atoms with Gasteiger partial charge in [0.2, 0.25) is 0 Å². The molecule has 0 aliphatic heterocycles. The Bertz CT molecular complexity index is 396. The van der Waals surface area contributed by atoms with Crippen molar-refractivity contribution in [3.63, 3.8) is 0 Å². The maximum atomic E-state index is 11.4. The van der Waals surface area contributed by atoms with Crippen molar-refractivity contribution < 1.29 is 29.0 Å². The van der Waals surface area contributed by atoms with Crippen molar-refractivity contribution in [2.75, 3.05) is 0 Å². The summed E-state index contributed by atoms with van der Waals surface area (Å²) in [6.07, 6.45) is 1.70. The Kier molecular flexibility index (Phi) is 3.65. The molecule has 16 heavy (non-hydrogen) atoms. The minimum Gasteiger partial charge on any atom is -0.481 e. The quantitative estimate of drug-likeness (QED) is 0.648. The van der Waals surface area contributed by atoms with E-state index >= 15 is 0 Å². The van der Waals surface area contributed by atoms with Gasteiger partial charge in [-0.15, -0.1) is 0 Å². The van der Waals surface area contributed by atoms with Gasteiger partial charge in [0.15, 0.2) is 0 Å². The van der Waals surface area contributed by atoms with Crippen molar-refractivity contribution in [1.82, 2.24) is 5.32 Å². The van der Waals surface area contributed by atoms with Crippen LogP contribution in [0.2, 0.25) is 0 Å². The van der Waals surface area contributed by atoms with E-state index in [-0.39, 0.29) is 5.56 Å². The van der Waals surface area contributed by atoms with E-state index < -0.39 is 30.3 Å². The van der Waals surface area contributed by atoms with E-state index in [0.29, 0.717) is 0 Å². The summed E-state index contributed by atoms with van der Waals surface area (Å²) < 4.78 is 4.63. The van der Waals surface area contributed by atoms with Gasteiger partial charge >= 0.3 is 11.9 Å². The van der Waals surface area contributed by atoms with E-state index in [4.69, 9.17) is 10.2 Å². The lowest BCUT2D eigenvalue weighted by Gasteiger charge is -2.10. The highest BCUT2D eigenvalue weighted by molar-refractivity contribution is 5.96. The second kappa shape index (κ2) is 4.96. The number of carboxylic acid groups (broad SMARTS) is 2. The van der Waals surface area contributed by atoms with Gasteiger partial charge in [-0.25, -0.2) is 4.79 Å². The molecule has 0 bridgehead atoms. The van der Waals surface area contributed by atoms with E-state index in [1.165, 1.54) is 12.3 Å². The molecule has 1 atom stereocenters. The third-order valence-electron chi connectivity index (χ3n) is 1.77. The van der Waals surface area contributed by atoms with Gasteiger partial charge < -0.3 is 19.9 Å². The zero-order valence-electron chi connectivity index (χ0n) is 8.04. The second-order valence-electron chi connectivity index (χ2n) is 2.97. The Labute approximate surface area is 89.7 Å². The molecule has 0 aliphatic carbocycles. The van der Waals surface area contributed by atoms with Crippen molar-refractivity contribution in [3.8, 4) is 0 Å². The number of hydrogen-bond acceptors (Lipinski definition) is 4. The van der Waals surface area contributed by atoms with Crippen LogP contribution in [0.1, 0.15) is 16.8 Å². The molecule has 1 aromatic heterocycles. The molecule has 0 radical (unpaired) electrons. The number of hydrogen-bond donors (Lipinski definition) is 3. The molecular formula is C9H9NO6. The molecule has 0 saturated heterocycles. The van der Waals surface area contributed by atoms with Crippen LogP contribution in [0.15, 0.2) is 23.0 Å². The molecule has 1 amide bonds. The molecule has 0 aliphatic rings. The normalized spacial score (nSPS) is 11.8. The Hall–Kier alpha value is -2.31. The summed E-state index contributed by atoms with van der Waals surface area (Å²) in [6, 6.07) is -0.116. The Morgan fingerprint density at radius 2 is 2.06 bits per heavy atom. The molecule has 1 aromatic rings. The van der Waals surface area contributed by atoms with Gasteiger partial charge in [-0.2, -0.15) is 0 Å². The largest absolute Gasteiger partial charge is 0.481 e. The van der Waals surface area contributed by atoms with Crippen LogP contribution in [0.25, 0.3) is 0 Å². The fourth-order valence-electron chi connectivity index (χ4n) is 1.01. The van der Waals surface area contributed by atoms with Crippen molar-refractivity contribution in [2.24, 2.45) is 0 Å². The molecule has 86 valence electrons. The van der Waals surface area contributed by atoms with E-state index in [9.17, 15) is 14.4 Å². The topological polar surface area (TPSA) is 117 Å². The van der Waals surface area contributed by atoms with Gasteiger partial charge in [-0.1, -0.05) is 0 Å². The Balaban J connectivity index is 2.65. The van der Waals surface area contributed by atoms with Gasteiger partial charge in [-0.05, 0) is 6.07 Å². The molecule has 3 N–H and O–H groups in total. The highest BCUT2D eigenvalue weighted by Gasteiger charge is 2.23. The first kappa shape index (κ1) is 11.8. The van der Waals surface area contributed by atoms with Gasteiger partial charge in [0.05, 0.1) is 18.2 Å². The van der Waals surface area contributed by atoms with E-state index in [1.807, 2.05) is 0 Å². The van der Waals surface area contributed by atoms with Crippen molar-refractivity contribution >= 4 is 17.8 Å². The smallest absolute Gasteiger partial charge is 0.326 e. The first-order valence-corrected chi connectivity index (χ1v) is 4.28. The molecule has 0 fully saturated rings. The predicted molar refractivity (Wildman–Crippen MR) is 49.9 cm³/mol. The molecule has 7 heteroatoms. The molecule has 0 unspecified atom stereocenters. The van der Waals surface area contributed by atoms with E-state index in [2.05, 4.69) is 9.73 Å². The van der Waals surface area contributed by atoms with Crippen LogP contribution in [0.5, 0.6) is 0 Å². The lowest BCUT2D eigenvalue weighted by molar-refractivity contribution is -0.145. The number of furan rings is 1. The van der Waals surface area contributed by atoms with Crippen LogP contribution in [-0.2, 0) is 9.59 Å². The zero-order valence-corrected chi connectivity index (χ0v) is 8.04. The lowest BCUT2D eigenvalue weighted by atomic mass is 10.2. The number of rotatable bonds is 5. The Morgan fingerprint density at radius 3 is 2.50 bits per heavy atom. The maximum Gasteiger partial charge on any atom is 0.326 e. The summed E-state index contributed by atoms with van der Waals surface area (Å²) in [7, 11) is 0. The lowest BCUT2D eigenvalue weighted by Crippen LogP contribution is -2.42. The maximum absolute atomic E-state index is 11.4. The summed E-state index contributed by atoms with van der Waals surface area (Å²) in [5.74, 6) is -3.40. The standard InChI is InChI=1S/C9H9NO6/c11-7(12)3-6(9(14)15)10-8(13)5-1-2-16-4-5/h1-2,4,6H,3H2,(H,10,13)(H,11,12)(H,14,15)/t6-/m0/s1. The van der Waals surface area contributed by atoms with E-state index in [0.717, 1.165) is 6.26 Å². The summed E-state index contributed by atoms with van der Waals surface area (Å²) in [5.41, 5.74) is 0.136. The number of carboxylic acids is 2. The van der Waals surface area contributed by atoms with Gasteiger partial charge in [0.25, 0.3) is 5.91 Å². The van der Waals surface area contributed by atoms with Crippen molar-refractivity contribution in [1.29, 1.82) is 0 Å². The fraction of sp³-hybridized carbons (Fsp3) is 0.222. The minimum atomic E-state index is -1.46. The van der Waals surface area contributed by atoms with Crippen LogP contribution in [0, 0.1) is 0 Å². The SMILES string of the molecule is O=C(O)C[C@H](NC(=O)c1ccoc1)C(=O)O. The summed E-state index contributed by atoms with van der Waals surface area (Å²) in [6.45, 7) is 0. The number of nitrogens with one attached hydrogen (secondary N) is 1. The van der Waals surface area contributed by atoms with Crippen LogP contribution < -0.4 is 5.32 Å². The third kappa shape index (κ3) is 3.12. The molecule has 0 aromatic carbocycles. The van der Waals surface area contributed by atoms with Crippen molar-refractivity contribution in [2.45, 2.75) is 12.5 Å². The van der Waals surface area contributed by atoms with Gasteiger partial charge in [0, 0.05) is 0 Å². The number of amides is 1. The summed E-state index contributed by atoms with van der Waals surface area (Å²) >= 11 is 0. The highest BCUT2D eigenvalue weighted by Crippen LogP contribution is 2.01. The van der Waals surface area contributed by atoms with Crippen LogP contribution in [0.3, 0.4) is 0 Å². The zero-order chi connectivity index (χ0) is 12.1. The average molecular weight is 227 g/mol. The number of aliphatic carboxylic acids is 2. The Morgan fingerprint density at radius 1 is 1.38 bits per heavy atom. The number of carbonyl (C=O) groups is 3. The van der Waals surface area contributed by atoms with Gasteiger partial charge in [0.1, 0.15) is 12.3 Å². The molecular weight excluding hydrogens is 218 g/mol. The van der Waals surface area contributed by atoms with Crippen LogP contribution in [0.4, 0.5) is 0 Å². The number of carbonyl (C=O) groups excluding carboxylic acids is 1. The highest BCUT2D eigenvalue weighted by atomic mass is 16.4. The average Bonchev–Trinajstić information content (AvgIpc) is 2.68. The van der Waals surface area contributed by atoms with Gasteiger partial charge in [-0.3, -0.25) is 9.59 Å². The summed E-state index contributed by atoms with van der Waals surface area (Å²) in [5, 5.41) is 19.2. The van der Waals surface area contributed by atoms with E-state index in [1.54, 1.807) is 0 Å². The first-order valence-electron chi connectivity index (χ1n) is 4.28. The minimum absolute atomic E-state index is 0.136. The second-order valence-corrected chi connectivity index (χ2v) is 2.97. The molecule has 7 nitrogen and oxygen atoms in total. The monoisotopic (exact) mass is 227 g/mol. The molecule has 0 spiro atoms. The predicted octanol–water partition coefficient (Wildman–Crippen LogP) is -0.0627. The molecule has 0 saturated carbocycles. The fourth-order valence-corrected chi connectivity index (χ4v) is 1.01.